The molecule has 4 aromatic rings. The fraction of sp³-hybridized carbons (Fsp3) is 0.125. The van der Waals surface area contributed by atoms with Crippen LogP contribution in [0.15, 0.2) is 54.6 Å². The molecule has 150 valence electrons. The molecule has 0 aliphatic rings. The third-order valence-corrected chi connectivity index (χ3v) is 4.81. The van der Waals surface area contributed by atoms with Crippen LogP contribution in [0.25, 0.3) is 34.2 Å². The van der Waals surface area contributed by atoms with Gasteiger partial charge in [-0.05, 0) is 57.2 Å². The molecule has 0 atom stereocenters. The van der Waals surface area contributed by atoms with Crippen molar-refractivity contribution in [2.24, 2.45) is 0 Å². The topological polar surface area (TPSA) is 99.4 Å². The van der Waals surface area contributed by atoms with E-state index in [0.29, 0.717) is 16.7 Å². The number of aromatic hydroxyl groups is 3. The first kappa shape index (κ1) is 19.4. The lowest BCUT2D eigenvalue weighted by atomic mass is 10.1. The SMILES string of the molecule is Cc1ccc(O)c(-c2nc(-c3cc(C)ccc3O)nc(-c3cc(C)ccc3O)n2)c1. The van der Waals surface area contributed by atoms with Crippen molar-refractivity contribution >= 4 is 0 Å². The zero-order valence-electron chi connectivity index (χ0n) is 16.9. The van der Waals surface area contributed by atoms with Crippen LogP contribution in [-0.4, -0.2) is 30.3 Å². The fourth-order valence-electron chi connectivity index (χ4n) is 3.22. The molecule has 3 N–H and O–H groups in total. The van der Waals surface area contributed by atoms with Crippen molar-refractivity contribution < 1.29 is 15.3 Å². The van der Waals surface area contributed by atoms with Gasteiger partial charge in [0.05, 0.1) is 16.7 Å². The van der Waals surface area contributed by atoms with Crippen molar-refractivity contribution in [3.8, 4) is 51.4 Å². The van der Waals surface area contributed by atoms with E-state index in [4.69, 9.17) is 0 Å². The molecule has 1 heterocycles. The molecule has 0 unspecified atom stereocenters. The minimum atomic E-state index is 0.0330. The molecule has 0 saturated heterocycles. The molecule has 0 fully saturated rings. The van der Waals surface area contributed by atoms with Crippen LogP contribution < -0.4 is 0 Å². The highest BCUT2D eigenvalue weighted by Gasteiger charge is 2.18. The monoisotopic (exact) mass is 399 g/mol. The van der Waals surface area contributed by atoms with E-state index >= 15 is 0 Å². The number of rotatable bonds is 3. The van der Waals surface area contributed by atoms with Gasteiger partial charge in [0.1, 0.15) is 17.2 Å². The lowest BCUT2D eigenvalue weighted by molar-refractivity contribution is 0.476. The summed E-state index contributed by atoms with van der Waals surface area (Å²) < 4.78 is 0. The van der Waals surface area contributed by atoms with Gasteiger partial charge in [0.2, 0.25) is 0 Å². The second kappa shape index (κ2) is 7.48. The van der Waals surface area contributed by atoms with Gasteiger partial charge in [-0.3, -0.25) is 0 Å². The van der Waals surface area contributed by atoms with E-state index in [0.717, 1.165) is 16.7 Å². The minimum Gasteiger partial charge on any atom is -0.507 e. The van der Waals surface area contributed by atoms with E-state index in [1.165, 1.54) is 0 Å². The Morgan fingerprint density at radius 3 is 1.00 bits per heavy atom. The third kappa shape index (κ3) is 3.67. The first-order chi connectivity index (χ1) is 14.3. The standard InChI is InChI=1S/C24H21N3O3/c1-13-4-7-19(28)16(10-13)22-25-23(17-11-14(2)5-8-20(17)29)27-24(26-22)18-12-15(3)6-9-21(18)30/h4-12,28-30H,1-3H3. The largest absolute Gasteiger partial charge is 0.507 e. The molecular formula is C24H21N3O3. The number of benzene rings is 3. The highest BCUT2D eigenvalue weighted by molar-refractivity contribution is 5.74. The van der Waals surface area contributed by atoms with Crippen LogP contribution in [0.4, 0.5) is 0 Å². The maximum atomic E-state index is 10.4. The number of phenols is 3. The Balaban J connectivity index is 2.03. The van der Waals surface area contributed by atoms with Crippen molar-refractivity contribution in [3.05, 3.63) is 71.3 Å². The van der Waals surface area contributed by atoms with Crippen LogP contribution in [0.3, 0.4) is 0 Å². The van der Waals surface area contributed by atoms with Gasteiger partial charge >= 0.3 is 0 Å². The molecule has 30 heavy (non-hydrogen) atoms. The number of hydrogen-bond donors (Lipinski definition) is 3. The summed E-state index contributed by atoms with van der Waals surface area (Å²) in [6.07, 6.45) is 0. The summed E-state index contributed by atoms with van der Waals surface area (Å²) >= 11 is 0. The predicted molar refractivity (Wildman–Crippen MR) is 115 cm³/mol. The van der Waals surface area contributed by atoms with Gasteiger partial charge in [0, 0.05) is 0 Å². The van der Waals surface area contributed by atoms with E-state index < -0.39 is 0 Å². The second-order valence-corrected chi connectivity index (χ2v) is 7.37. The Morgan fingerprint density at radius 2 is 0.733 bits per heavy atom. The van der Waals surface area contributed by atoms with Gasteiger partial charge < -0.3 is 15.3 Å². The van der Waals surface area contributed by atoms with Crippen molar-refractivity contribution in [2.45, 2.75) is 20.8 Å². The fourth-order valence-corrected chi connectivity index (χ4v) is 3.22. The number of hydrogen-bond acceptors (Lipinski definition) is 6. The van der Waals surface area contributed by atoms with E-state index in [9.17, 15) is 15.3 Å². The maximum absolute atomic E-state index is 10.4. The molecule has 0 saturated carbocycles. The van der Waals surface area contributed by atoms with Gasteiger partial charge in [-0.1, -0.05) is 34.9 Å². The van der Waals surface area contributed by atoms with Crippen LogP contribution in [0.1, 0.15) is 16.7 Å². The van der Waals surface area contributed by atoms with Gasteiger partial charge in [-0.25, -0.2) is 15.0 Å². The summed E-state index contributed by atoms with van der Waals surface area (Å²) in [5.41, 5.74) is 4.13. The van der Waals surface area contributed by atoms with Crippen LogP contribution >= 0.6 is 0 Å². The van der Waals surface area contributed by atoms with E-state index in [2.05, 4.69) is 15.0 Å². The van der Waals surface area contributed by atoms with Crippen LogP contribution in [0, 0.1) is 20.8 Å². The highest BCUT2D eigenvalue weighted by atomic mass is 16.3. The Bertz CT molecular complexity index is 1100. The first-order valence-corrected chi connectivity index (χ1v) is 9.48. The molecular weight excluding hydrogens is 378 g/mol. The van der Waals surface area contributed by atoms with E-state index in [1.807, 2.05) is 20.8 Å². The molecule has 3 aromatic carbocycles. The van der Waals surface area contributed by atoms with Crippen LogP contribution in [0.2, 0.25) is 0 Å². The summed E-state index contributed by atoms with van der Waals surface area (Å²) in [7, 11) is 0. The summed E-state index contributed by atoms with van der Waals surface area (Å²) in [5.74, 6) is 0.843. The first-order valence-electron chi connectivity index (χ1n) is 9.48. The predicted octanol–water partition coefficient (Wildman–Crippen LogP) is 4.91. The van der Waals surface area contributed by atoms with Crippen molar-refractivity contribution in [2.75, 3.05) is 0 Å². The zero-order chi connectivity index (χ0) is 21.4. The maximum Gasteiger partial charge on any atom is 0.167 e. The minimum absolute atomic E-state index is 0.0330. The van der Waals surface area contributed by atoms with Gasteiger partial charge in [0.25, 0.3) is 0 Å². The summed E-state index contributed by atoms with van der Waals surface area (Å²) in [6.45, 7) is 5.72. The van der Waals surface area contributed by atoms with E-state index in [-0.39, 0.29) is 34.7 Å². The van der Waals surface area contributed by atoms with Gasteiger partial charge in [0.15, 0.2) is 17.5 Å². The van der Waals surface area contributed by atoms with Crippen molar-refractivity contribution in [1.29, 1.82) is 0 Å². The molecule has 0 amide bonds. The number of nitrogens with zero attached hydrogens (tertiary/aromatic N) is 3. The Kier molecular flexibility index (Phi) is 4.83. The molecule has 0 aliphatic heterocycles. The Labute approximate surface area is 174 Å². The van der Waals surface area contributed by atoms with Crippen LogP contribution in [-0.2, 0) is 0 Å². The average molecular weight is 399 g/mol. The van der Waals surface area contributed by atoms with Gasteiger partial charge in [-0.15, -0.1) is 0 Å². The Morgan fingerprint density at radius 1 is 0.467 bits per heavy atom. The lowest BCUT2D eigenvalue weighted by Crippen LogP contribution is -2.01. The molecule has 4 rings (SSSR count). The summed E-state index contributed by atoms with van der Waals surface area (Å²) in [6, 6.07) is 15.5. The highest BCUT2D eigenvalue weighted by Crippen LogP contribution is 2.35. The summed E-state index contributed by atoms with van der Waals surface area (Å²) in [5, 5.41) is 31.2. The number of phenolic OH excluding ortho intramolecular Hbond substituents is 3. The molecule has 1 aromatic heterocycles. The normalized spacial score (nSPS) is 10.9. The van der Waals surface area contributed by atoms with E-state index in [1.54, 1.807) is 54.6 Å². The number of aromatic nitrogens is 3. The number of aryl methyl sites for hydroxylation is 3. The summed E-state index contributed by atoms with van der Waals surface area (Å²) in [4.78, 5) is 13.6. The molecule has 6 heteroatoms. The van der Waals surface area contributed by atoms with Gasteiger partial charge in [-0.2, -0.15) is 0 Å². The second-order valence-electron chi connectivity index (χ2n) is 7.37. The quantitative estimate of drug-likeness (QED) is 0.452. The third-order valence-electron chi connectivity index (χ3n) is 4.81. The molecule has 0 radical (unpaired) electrons. The smallest absolute Gasteiger partial charge is 0.167 e. The Hall–Kier alpha value is -3.93. The molecule has 0 bridgehead atoms. The molecule has 6 nitrogen and oxygen atoms in total. The van der Waals surface area contributed by atoms with Crippen LogP contribution in [0.5, 0.6) is 17.2 Å². The average Bonchev–Trinajstić information content (AvgIpc) is 2.73. The van der Waals surface area contributed by atoms with Crippen molar-refractivity contribution in [3.63, 3.8) is 0 Å². The van der Waals surface area contributed by atoms with Crippen molar-refractivity contribution in [1.82, 2.24) is 15.0 Å². The molecule has 0 aliphatic carbocycles. The lowest BCUT2D eigenvalue weighted by Gasteiger charge is -2.12. The molecule has 0 spiro atoms. The zero-order valence-corrected chi connectivity index (χ0v) is 16.9.